The van der Waals surface area contributed by atoms with Crippen LogP contribution in [0.4, 0.5) is 0 Å². The monoisotopic (exact) mass is 1240 g/mol. The van der Waals surface area contributed by atoms with Crippen LogP contribution in [0.25, 0.3) is 0 Å². The fourth-order valence-electron chi connectivity index (χ4n) is 9.68. The van der Waals surface area contributed by atoms with Crippen molar-refractivity contribution in [3.8, 4) is 0 Å². The number of ether oxygens (including phenoxy) is 4. The van der Waals surface area contributed by atoms with Crippen molar-refractivity contribution in [1.82, 2.24) is 0 Å². The van der Waals surface area contributed by atoms with E-state index in [9.17, 15) is 43.2 Å². The number of unbranched alkanes of at least 4 members (excludes halogenated alkanes) is 33. The molecule has 0 spiro atoms. The van der Waals surface area contributed by atoms with Crippen molar-refractivity contribution in [3.05, 3.63) is 0 Å². The number of esters is 4. The number of aliphatic hydroxyl groups excluding tert-OH is 1. The zero-order chi connectivity index (χ0) is 62.2. The van der Waals surface area contributed by atoms with Gasteiger partial charge in [0.15, 0.2) is 12.2 Å². The molecule has 0 saturated heterocycles. The summed E-state index contributed by atoms with van der Waals surface area (Å²) in [6.07, 6.45) is 40.2. The molecule has 0 saturated carbocycles. The first-order valence-corrected chi connectivity index (χ1v) is 37.0. The number of rotatable bonds is 64. The minimum atomic E-state index is -4.95. The highest BCUT2D eigenvalue weighted by Gasteiger charge is 2.30. The normalized spacial score (nSPS) is 14.6. The Kier molecular flexibility index (Phi) is 56.2. The van der Waals surface area contributed by atoms with E-state index in [1.807, 2.05) is 0 Å². The summed E-state index contributed by atoms with van der Waals surface area (Å²) >= 11 is 0. The molecule has 0 fully saturated rings. The van der Waals surface area contributed by atoms with Gasteiger partial charge in [0.1, 0.15) is 19.3 Å². The lowest BCUT2D eigenvalue weighted by Crippen LogP contribution is -2.30. The van der Waals surface area contributed by atoms with E-state index in [1.54, 1.807) is 0 Å². The Morgan fingerprint density at radius 3 is 0.905 bits per heavy atom. The van der Waals surface area contributed by atoms with E-state index in [0.717, 1.165) is 108 Å². The molecule has 0 aliphatic carbocycles. The van der Waals surface area contributed by atoms with Gasteiger partial charge in [-0.25, -0.2) is 9.13 Å². The smallest absolute Gasteiger partial charge is 0.462 e. The van der Waals surface area contributed by atoms with E-state index in [4.69, 9.17) is 37.0 Å². The number of hydrogen-bond donors (Lipinski definition) is 3. The second-order valence-electron chi connectivity index (χ2n) is 24.2. The quantitative estimate of drug-likeness (QED) is 0.0222. The number of carbonyl (C=O) groups excluding carboxylic acids is 4. The number of phosphoric ester groups is 2. The molecule has 0 radical (unpaired) electrons. The largest absolute Gasteiger partial charge is 0.472 e. The molecule has 0 aromatic carbocycles. The lowest BCUT2D eigenvalue weighted by atomic mass is 9.99. The van der Waals surface area contributed by atoms with Crippen molar-refractivity contribution in [3.63, 3.8) is 0 Å². The highest BCUT2D eigenvalue weighted by Crippen LogP contribution is 2.45. The van der Waals surface area contributed by atoms with Gasteiger partial charge in [-0.1, -0.05) is 273 Å². The third-order valence-corrected chi connectivity index (χ3v) is 17.2. The third kappa shape index (κ3) is 57.8. The number of hydrogen-bond acceptors (Lipinski definition) is 15. The van der Waals surface area contributed by atoms with E-state index >= 15 is 0 Å². The summed E-state index contributed by atoms with van der Waals surface area (Å²) in [6, 6.07) is 0. The average Bonchev–Trinajstić information content (AvgIpc) is 3.57. The Morgan fingerprint density at radius 1 is 0.345 bits per heavy atom. The Morgan fingerprint density at radius 2 is 0.607 bits per heavy atom. The van der Waals surface area contributed by atoms with E-state index < -0.39 is 97.5 Å². The summed E-state index contributed by atoms with van der Waals surface area (Å²) in [5.41, 5.74) is 0. The van der Waals surface area contributed by atoms with Gasteiger partial charge in [-0.05, 0) is 37.5 Å². The third-order valence-electron chi connectivity index (χ3n) is 15.3. The minimum Gasteiger partial charge on any atom is -0.462 e. The van der Waals surface area contributed by atoms with Crippen molar-refractivity contribution in [2.45, 2.75) is 342 Å². The summed E-state index contributed by atoms with van der Waals surface area (Å²) in [7, 11) is -9.89. The van der Waals surface area contributed by atoms with Crippen molar-refractivity contribution in [2.75, 3.05) is 39.6 Å². The van der Waals surface area contributed by atoms with E-state index in [2.05, 4.69) is 41.5 Å². The molecular formula is C65H126O17P2. The molecule has 0 aromatic rings. The first-order valence-electron chi connectivity index (χ1n) is 34.0. The lowest BCUT2D eigenvalue weighted by Gasteiger charge is -2.21. The molecule has 3 unspecified atom stereocenters. The van der Waals surface area contributed by atoms with E-state index in [-0.39, 0.29) is 25.7 Å². The molecule has 0 heterocycles. The van der Waals surface area contributed by atoms with Crippen molar-refractivity contribution in [1.29, 1.82) is 0 Å². The topological polar surface area (TPSA) is 237 Å². The molecule has 6 atom stereocenters. The first kappa shape index (κ1) is 82.1. The Balaban J connectivity index is 5.23. The molecule has 3 N–H and O–H groups in total. The summed E-state index contributed by atoms with van der Waals surface area (Å²) in [6.45, 7) is 9.48. The van der Waals surface area contributed by atoms with Crippen LogP contribution in [-0.4, -0.2) is 96.7 Å². The van der Waals surface area contributed by atoms with Gasteiger partial charge in [0.05, 0.1) is 26.4 Å². The zero-order valence-electron chi connectivity index (χ0n) is 54.2. The SMILES string of the molecule is CCCCCCCCCCCCC(=O)O[C@H](COC(=O)CCCCCCCCCC)COP(=O)(O)OC[C@H](O)COP(=O)(O)OC[C@@H](COC(=O)CCCCCCCCCCC(C)CC)OC(=O)CCCCCCCCCCCCCC(C)C. The highest BCUT2D eigenvalue weighted by atomic mass is 31.2. The van der Waals surface area contributed by atoms with Crippen LogP contribution in [0.2, 0.25) is 0 Å². The maximum atomic E-state index is 13.0. The van der Waals surface area contributed by atoms with Gasteiger partial charge in [0.25, 0.3) is 0 Å². The maximum Gasteiger partial charge on any atom is 0.472 e. The van der Waals surface area contributed by atoms with Crippen LogP contribution in [0.5, 0.6) is 0 Å². The Bertz CT molecular complexity index is 1650. The molecule has 19 heteroatoms. The highest BCUT2D eigenvalue weighted by molar-refractivity contribution is 7.47. The second-order valence-corrected chi connectivity index (χ2v) is 27.1. The lowest BCUT2D eigenvalue weighted by molar-refractivity contribution is -0.161. The van der Waals surface area contributed by atoms with Crippen LogP contribution < -0.4 is 0 Å². The van der Waals surface area contributed by atoms with Crippen LogP contribution in [-0.2, 0) is 65.4 Å². The fraction of sp³-hybridized carbons (Fsp3) is 0.938. The van der Waals surface area contributed by atoms with Gasteiger partial charge in [0.2, 0.25) is 0 Å². The van der Waals surface area contributed by atoms with Gasteiger partial charge in [0, 0.05) is 25.7 Å². The summed E-state index contributed by atoms with van der Waals surface area (Å²) in [4.78, 5) is 72.2. The van der Waals surface area contributed by atoms with Crippen LogP contribution in [0.15, 0.2) is 0 Å². The zero-order valence-corrected chi connectivity index (χ0v) is 56.0. The molecule has 0 bridgehead atoms. The average molecular weight is 1240 g/mol. The summed E-state index contributed by atoms with van der Waals surface area (Å²) in [5.74, 6) is -0.591. The molecule has 0 aliphatic rings. The van der Waals surface area contributed by atoms with Crippen LogP contribution in [0.3, 0.4) is 0 Å². The standard InChI is InChI=1S/C65H126O17P2/c1-7-10-12-14-16-18-23-31-37-43-49-64(69)81-60(53-75-62(67)47-41-35-29-17-15-13-11-8-2)55-79-83(71,72)77-51-59(66)52-78-84(73,74)80-56-61(54-76-63(68)48-42-36-30-26-25-28-34-40-46-58(6)9-3)82-65(70)50-44-38-32-24-21-19-20-22-27-33-39-45-57(4)5/h57-61,66H,7-56H2,1-6H3,(H,71,72)(H,73,74)/t58?,59-,60+,61+/m0/s1. The van der Waals surface area contributed by atoms with Gasteiger partial charge in [-0.15, -0.1) is 0 Å². The fourth-order valence-corrected chi connectivity index (χ4v) is 11.3. The first-order chi connectivity index (χ1) is 40.4. The molecule has 0 aliphatic heterocycles. The van der Waals surface area contributed by atoms with Gasteiger partial charge < -0.3 is 33.8 Å². The molecule has 0 aromatic heterocycles. The Labute approximate surface area is 511 Å². The summed E-state index contributed by atoms with van der Waals surface area (Å²) in [5, 5.41) is 10.5. The number of phosphoric acid groups is 2. The Hall–Kier alpha value is -1.94. The van der Waals surface area contributed by atoms with Gasteiger partial charge >= 0.3 is 39.5 Å². The van der Waals surface area contributed by atoms with Crippen LogP contribution >= 0.6 is 15.6 Å². The van der Waals surface area contributed by atoms with Crippen LogP contribution in [0, 0.1) is 11.8 Å². The van der Waals surface area contributed by atoms with Gasteiger partial charge in [-0.3, -0.25) is 37.3 Å². The molecule has 0 amide bonds. The minimum absolute atomic E-state index is 0.106. The van der Waals surface area contributed by atoms with E-state index in [1.165, 1.54) is 135 Å². The van der Waals surface area contributed by atoms with Crippen molar-refractivity contribution < 1.29 is 80.2 Å². The van der Waals surface area contributed by atoms with Crippen molar-refractivity contribution >= 4 is 39.5 Å². The predicted octanol–water partition coefficient (Wildman–Crippen LogP) is 18.0. The van der Waals surface area contributed by atoms with E-state index in [0.29, 0.717) is 25.7 Å². The predicted molar refractivity (Wildman–Crippen MR) is 335 cm³/mol. The van der Waals surface area contributed by atoms with Crippen LogP contribution in [0.1, 0.15) is 324 Å². The molecule has 0 rings (SSSR count). The second kappa shape index (κ2) is 57.5. The summed E-state index contributed by atoms with van der Waals surface area (Å²) < 4.78 is 68.0. The molecule has 84 heavy (non-hydrogen) atoms. The molecular weight excluding hydrogens is 1110 g/mol. The number of aliphatic hydroxyl groups is 1. The molecule has 498 valence electrons. The van der Waals surface area contributed by atoms with Gasteiger partial charge in [-0.2, -0.15) is 0 Å². The van der Waals surface area contributed by atoms with Crippen molar-refractivity contribution in [2.24, 2.45) is 11.8 Å². The molecule has 17 nitrogen and oxygen atoms in total. The number of carbonyl (C=O) groups is 4. The maximum absolute atomic E-state index is 13.0.